The van der Waals surface area contributed by atoms with Crippen LogP contribution in [0.25, 0.3) is 0 Å². The molecule has 1 aliphatic rings. The van der Waals surface area contributed by atoms with Gasteiger partial charge in [0.25, 0.3) is 0 Å². The van der Waals surface area contributed by atoms with E-state index in [0.29, 0.717) is 10.0 Å². The first-order valence-corrected chi connectivity index (χ1v) is 7.89. The lowest BCUT2D eigenvalue weighted by atomic mass is 10.1. The highest BCUT2D eigenvalue weighted by Gasteiger charge is 2.12. The monoisotopic (exact) mass is 300 g/mol. The third kappa shape index (κ3) is 5.70. The Bertz CT molecular complexity index is 369. The van der Waals surface area contributed by atoms with Crippen LogP contribution in [-0.2, 0) is 6.54 Å². The van der Waals surface area contributed by atoms with Crippen molar-refractivity contribution < 1.29 is 0 Å². The van der Waals surface area contributed by atoms with Crippen molar-refractivity contribution in [1.29, 1.82) is 0 Å². The number of hydrogen-bond donors (Lipinski definition) is 2. The zero-order chi connectivity index (χ0) is 13.5. The largest absolute Gasteiger partial charge is 0.314 e. The summed E-state index contributed by atoms with van der Waals surface area (Å²) in [7, 11) is 0. The molecule has 0 bridgehead atoms. The van der Waals surface area contributed by atoms with Crippen molar-refractivity contribution in [1.82, 2.24) is 10.6 Å². The molecule has 19 heavy (non-hydrogen) atoms. The summed E-state index contributed by atoms with van der Waals surface area (Å²) in [6.07, 6.45) is 6.53. The van der Waals surface area contributed by atoms with Gasteiger partial charge in [-0.1, -0.05) is 29.6 Å². The van der Waals surface area contributed by atoms with E-state index in [1.165, 1.54) is 38.6 Å². The molecule has 0 unspecified atom stereocenters. The minimum atomic E-state index is 0.705. The Hall–Kier alpha value is -0.280. The highest BCUT2D eigenvalue weighted by atomic mass is 35.5. The molecule has 1 atom stereocenters. The Kier molecular flexibility index (Phi) is 6.45. The second kappa shape index (κ2) is 8.11. The van der Waals surface area contributed by atoms with Crippen LogP contribution in [0.4, 0.5) is 0 Å². The van der Waals surface area contributed by atoms with E-state index in [4.69, 9.17) is 23.2 Å². The number of halogens is 2. The van der Waals surface area contributed by atoms with Gasteiger partial charge in [-0.3, -0.25) is 0 Å². The summed E-state index contributed by atoms with van der Waals surface area (Å²) in [5.74, 6) is 0. The first kappa shape index (κ1) is 15.1. The molecule has 2 rings (SSSR count). The van der Waals surface area contributed by atoms with Crippen molar-refractivity contribution in [2.75, 3.05) is 13.1 Å². The normalized spacial score (nSPS) is 18.9. The van der Waals surface area contributed by atoms with E-state index in [2.05, 4.69) is 10.6 Å². The van der Waals surface area contributed by atoms with E-state index in [1.807, 2.05) is 12.1 Å². The predicted octanol–water partition coefficient (Wildman–Crippen LogP) is 4.01. The second-order valence-electron chi connectivity index (χ2n) is 5.24. The lowest BCUT2D eigenvalue weighted by Crippen LogP contribution is -2.21. The number of nitrogens with one attached hydrogen (secondary N) is 2. The van der Waals surface area contributed by atoms with E-state index in [9.17, 15) is 0 Å². The van der Waals surface area contributed by atoms with Gasteiger partial charge in [-0.15, -0.1) is 0 Å². The van der Waals surface area contributed by atoms with Crippen molar-refractivity contribution in [3.8, 4) is 0 Å². The molecule has 1 saturated heterocycles. The lowest BCUT2D eigenvalue weighted by molar-refractivity contribution is 0.510. The average Bonchev–Trinajstić information content (AvgIpc) is 2.85. The lowest BCUT2D eigenvalue weighted by Gasteiger charge is -2.10. The standard InChI is InChI=1S/C15H22Cl2N2/c16-13-8-12(9-14(17)10-13)11-18-6-2-1-4-15-5-3-7-19-15/h8-10,15,18-19H,1-7,11H2/t15-/m0/s1. The molecule has 1 heterocycles. The zero-order valence-corrected chi connectivity index (χ0v) is 12.7. The summed E-state index contributed by atoms with van der Waals surface area (Å²) in [4.78, 5) is 0. The molecule has 0 amide bonds. The Morgan fingerprint density at radius 3 is 2.63 bits per heavy atom. The first-order chi connectivity index (χ1) is 9.24. The quantitative estimate of drug-likeness (QED) is 0.744. The van der Waals surface area contributed by atoms with Gasteiger partial charge in [-0.2, -0.15) is 0 Å². The van der Waals surface area contributed by atoms with Crippen LogP contribution in [0.1, 0.15) is 37.7 Å². The van der Waals surface area contributed by atoms with Crippen molar-refractivity contribution in [3.63, 3.8) is 0 Å². The topological polar surface area (TPSA) is 24.1 Å². The fraction of sp³-hybridized carbons (Fsp3) is 0.600. The maximum Gasteiger partial charge on any atom is 0.0424 e. The zero-order valence-electron chi connectivity index (χ0n) is 11.2. The van der Waals surface area contributed by atoms with E-state index in [1.54, 1.807) is 6.07 Å². The number of hydrogen-bond acceptors (Lipinski definition) is 2. The van der Waals surface area contributed by atoms with Gasteiger partial charge in [0.15, 0.2) is 0 Å². The molecule has 1 aliphatic heterocycles. The van der Waals surface area contributed by atoms with E-state index in [0.717, 1.165) is 24.7 Å². The van der Waals surface area contributed by atoms with E-state index in [-0.39, 0.29) is 0 Å². The number of benzene rings is 1. The van der Waals surface area contributed by atoms with Gasteiger partial charge in [0.05, 0.1) is 0 Å². The fourth-order valence-electron chi connectivity index (χ4n) is 2.59. The highest BCUT2D eigenvalue weighted by molar-refractivity contribution is 6.34. The van der Waals surface area contributed by atoms with Crippen molar-refractivity contribution >= 4 is 23.2 Å². The summed E-state index contributed by atoms with van der Waals surface area (Å²) in [6.45, 7) is 3.09. The average molecular weight is 301 g/mol. The van der Waals surface area contributed by atoms with Crippen molar-refractivity contribution in [3.05, 3.63) is 33.8 Å². The van der Waals surface area contributed by atoms with Gasteiger partial charge < -0.3 is 10.6 Å². The molecule has 4 heteroatoms. The minimum Gasteiger partial charge on any atom is -0.314 e. The predicted molar refractivity (Wildman–Crippen MR) is 83.0 cm³/mol. The summed E-state index contributed by atoms with van der Waals surface area (Å²) in [5.41, 5.74) is 1.15. The van der Waals surface area contributed by atoms with Gasteiger partial charge >= 0.3 is 0 Å². The van der Waals surface area contributed by atoms with Crippen LogP contribution >= 0.6 is 23.2 Å². The van der Waals surface area contributed by atoms with Gasteiger partial charge in [-0.05, 0) is 62.5 Å². The Labute approximate surface area is 125 Å². The molecular weight excluding hydrogens is 279 g/mol. The smallest absolute Gasteiger partial charge is 0.0424 e. The Morgan fingerprint density at radius 2 is 1.95 bits per heavy atom. The van der Waals surface area contributed by atoms with Gasteiger partial charge in [-0.25, -0.2) is 0 Å². The Balaban J connectivity index is 1.56. The number of rotatable bonds is 7. The Morgan fingerprint density at radius 1 is 1.16 bits per heavy atom. The number of unbranched alkanes of at least 4 members (excludes halogenated alkanes) is 1. The van der Waals surface area contributed by atoms with Crippen LogP contribution in [0, 0.1) is 0 Å². The maximum absolute atomic E-state index is 5.97. The van der Waals surface area contributed by atoms with E-state index < -0.39 is 0 Å². The molecule has 1 aromatic rings. The minimum absolute atomic E-state index is 0.705. The highest BCUT2D eigenvalue weighted by Crippen LogP contribution is 2.18. The molecule has 0 spiro atoms. The molecule has 0 aromatic heterocycles. The maximum atomic E-state index is 5.97. The van der Waals surface area contributed by atoms with Crippen molar-refractivity contribution in [2.45, 2.75) is 44.7 Å². The third-order valence-electron chi connectivity index (χ3n) is 3.57. The molecule has 1 fully saturated rings. The third-order valence-corrected chi connectivity index (χ3v) is 4.01. The van der Waals surface area contributed by atoms with Gasteiger partial charge in [0.2, 0.25) is 0 Å². The van der Waals surface area contributed by atoms with Gasteiger partial charge in [0, 0.05) is 22.6 Å². The van der Waals surface area contributed by atoms with Crippen LogP contribution in [0.3, 0.4) is 0 Å². The SMILES string of the molecule is Clc1cc(Cl)cc(CNCCCC[C@H]2CCCN2)c1. The molecule has 106 valence electrons. The first-order valence-electron chi connectivity index (χ1n) is 7.13. The van der Waals surface area contributed by atoms with Crippen LogP contribution in [0.15, 0.2) is 18.2 Å². The molecule has 1 aromatic carbocycles. The van der Waals surface area contributed by atoms with Gasteiger partial charge in [0.1, 0.15) is 0 Å². The molecule has 0 saturated carbocycles. The van der Waals surface area contributed by atoms with E-state index >= 15 is 0 Å². The molecule has 2 nitrogen and oxygen atoms in total. The molecule has 2 N–H and O–H groups in total. The summed E-state index contributed by atoms with van der Waals surface area (Å²) in [6, 6.07) is 6.46. The molecule has 0 radical (unpaired) electrons. The van der Waals surface area contributed by atoms with Crippen LogP contribution in [-0.4, -0.2) is 19.1 Å². The van der Waals surface area contributed by atoms with Crippen LogP contribution in [0.2, 0.25) is 10.0 Å². The summed E-state index contributed by atoms with van der Waals surface area (Å²) in [5, 5.41) is 8.39. The summed E-state index contributed by atoms with van der Waals surface area (Å²) >= 11 is 11.9. The second-order valence-corrected chi connectivity index (χ2v) is 6.12. The van der Waals surface area contributed by atoms with Crippen LogP contribution in [0.5, 0.6) is 0 Å². The summed E-state index contributed by atoms with van der Waals surface area (Å²) < 4.78 is 0. The fourth-order valence-corrected chi connectivity index (χ4v) is 3.16. The van der Waals surface area contributed by atoms with Crippen LogP contribution < -0.4 is 10.6 Å². The molecular formula is C15H22Cl2N2. The van der Waals surface area contributed by atoms with Crippen molar-refractivity contribution in [2.24, 2.45) is 0 Å². The molecule has 0 aliphatic carbocycles.